The number of likely N-dealkylation sites (tertiary alicyclic amines) is 1. The van der Waals surface area contributed by atoms with Gasteiger partial charge in [0.25, 0.3) is 0 Å². The first-order chi connectivity index (χ1) is 11.6. The highest BCUT2D eigenvalue weighted by atomic mass is 16.6. The second-order valence-electron chi connectivity index (χ2n) is 5.71. The van der Waals surface area contributed by atoms with Crippen LogP contribution >= 0.6 is 0 Å². The Morgan fingerprint density at radius 2 is 1.96 bits per heavy atom. The molecule has 3 rings (SSSR count). The van der Waals surface area contributed by atoms with Crippen LogP contribution in [0.25, 0.3) is 0 Å². The van der Waals surface area contributed by atoms with Crippen molar-refractivity contribution in [2.24, 2.45) is 0 Å². The van der Waals surface area contributed by atoms with E-state index in [1.807, 2.05) is 30.3 Å². The summed E-state index contributed by atoms with van der Waals surface area (Å²) in [6, 6.07) is 9.50. The number of aromatic nitrogens is 1. The molecular formula is C17H18N2O5. The molecule has 126 valence electrons. The molecule has 24 heavy (non-hydrogen) atoms. The number of carboxylic acid groups (broad SMARTS) is 1. The van der Waals surface area contributed by atoms with Gasteiger partial charge in [-0.2, -0.15) is 0 Å². The summed E-state index contributed by atoms with van der Waals surface area (Å²) >= 11 is 0. The van der Waals surface area contributed by atoms with Crippen LogP contribution in [0.4, 0.5) is 4.79 Å². The van der Waals surface area contributed by atoms with Crippen LogP contribution in [0.5, 0.6) is 0 Å². The Bertz CT molecular complexity index is 705. The molecule has 1 aromatic heterocycles. The van der Waals surface area contributed by atoms with Crippen LogP contribution in [0.1, 0.15) is 40.4 Å². The minimum absolute atomic E-state index is 0.0447. The molecule has 1 aliphatic rings. The number of aromatic carboxylic acids is 1. The van der Waals surface area contributed by atoms with Gasteiger partial charge in [0, 0.05) is 19.0 Å². The molecule has 2 heterocycles. The van der Waals surface area contributed by atoms with Crippen LogP contribution < -0.4 is 0 Å². The van der Waals surface area contributed by atoms with Gasteiger partial charge in [-0.1, -0.05) is 35.5 Å². The Balaban J connectivity index is 1.52. The van der Waals surface area contributed by atoms with E-state index >= 15 is 0 Å². The number of nitrogens with zero attached hydrogens (tertiary/aromatic N) is 2. The maximum atomic E-state index is 12.1. The molecule has 2 aromatic rings. The Morgan fingerprint density at radius 3 is 2.62 bits per heavy atom. The van der Waals surface area contributed by atoms with E-state index in [0.29, 0.717) is 31.7 Å². The summed E-state index contributed by atoms with van der Waals surface area (Å²) in [5.41, 5.74) is 1.04. The third-order valence-electron chi connectivity index (χ3n) is 4.16. The van der Waals surface area contributed by atoms with E-state index in [4.69, 9.17) is 14.4 Å². The first-order valence-electron chi connectivity index (χ1n) is 7.78. The van der Waals surface area contributed by atoms with E-state index in [1.54, 1.807) is 4.90 Å². The van der Waals surface area contributed by atoms with Crippen molar-refractivity contribution in [3.8, 4) is 0 Å². The Kier molecular flexibility index (Phi) is 4.79. The molecule has 7 nitrogen and oxygen atoms in total. The van der Waals surface area contributed by atoms with Crippen molar-refractivity contribution in [1.82, 2.24) is 10.1 Å². The first kappa shape index (κ1) is 16.0. The summed E-state index contributed by atoms with van der Waals surface area (Å²) in [7, 11) is 0. The molecular weight excluding hydrogens is 312 g/mol. The van der Waals surface area contributed by atoms with Crippen molar-refractivity contribution in [3.63, 3.8) is 0 Å². The second kappa shape index (κ2) is 7.16. The smallest absolute Gasteiger partial charge is 0.410 e. The third-order valence-corrected chi connectivity index (χ3v) is 4.16. The van der Waals surface area contributed by atoms with Crippen molar-refractivity contribution in [1.29, 1.82) is 0 Å². The summed E-state index contributed by atoms with van der Waals surface area (Å²) in [6.45, 7) is 1.24. The lowest BCUT2D eigenvalue weighted by Gasteiger charge is -2.30. The second-order valence-corrected chi connectivity index (χ2v) is 5.71. The normalized spacial score (nSPS) is 15.2. The van der Waals surface area contributed by atoms with Gasteiger partial charge in [-0.05, 0) is 18.4 Å². The number of carbonyl (C=O) groups is 2. The van der Waals surface area contributed by atoms with Crippen molar-refractivity contribution < 1.29 is 24.0 Å². The molecule has 0 spiro atoms. The van der Waals surface area contributed by atoms with Crippen LogP contribution in [0.2, 0.25) is 0 Å². The number of carboxylic acids is 1. The summed E-state index contributed by atoms with van der Waals surface area (Å²) in [4.78, 5) is 24.9. The molecule has 7 heteroatoms. The molecule has 1 amide bonds. The van der Waals surface area contributed by atoms with Crippen LogP contribution in [0, 0.1) is 0 Å². The number of ether oxygens (including phenoxy) is 1. The molecule has 0 bridgehead atoms. The topological polar surface area (TPSA) is 92.9 Å². The number of benzene rings is 1. The minimum atomic E-state index is -1.05. The van der Waals surface area contributed by atoms with Gasteiger partial charge in [0.15, 0.2) is 5.76 Å². The number of carbonyl (C=O) groups excluding carboxylic acids is 1. The summed E-state index contributed by atoms with van der Waals surface area (Å²) in [5, 5.41) is 12.7. The fraction of sp³-hybridized carbons (Fsp3) is 0.353. The highest BCUT2D eigenvalue weighted by molar-refractivity contribution is 5.88. The van der Waals surface area contributed by atoms with Crippen molar-refractivity contribution >= 4 is 12.1 Å². The summed E-state index contributed by atoms with van der Waals surface area (Å²) in [6.07, 6.45) is 2.11. The van der Waals surface area contributed by atoms with Gasteiger partial charge in [0.1, 0.15) is 12.2 Å². The van der Waals surface area contributed by atoms with Crippen LogP contribution in [0.3, 0.4) is 0 Å². The lowest BCUT2D eigenvalue weighted by atomic mass is 9.92. The average molecular weight is 330 g/mol. The average Bonchev–Trinajstić information content (AvgIpc) is 3.11. The Morgan fingerprint density at radius 1 is 1.25 bits per heavy atom. The Hall–Kier alpha value is -2.83. The molecule has 1 aromatic carbocycles. The molecule has 1 fully saturated rings. The molecule has 0 saturated carbocycles. The quantitative estimate of drug-likeness (QED) is 0.926. The lowest BCUT2D eigenvalue weighted by molar-refractivity contribution is 0.0687. The number of piperidine rings is 1. The van der Waals surface area contributed by atoms with E-state index in [9.17, 15) is 9.59 Å². The number of hydrogen-bond donors (Lipinski definition) is 1. The van der Waals surface area contributed by atoms with E-state index in [2.05, 4.69) is 5.16 Å². The zero-order valence-corrected chi connectivity index (χ0v) is 13.1. The zero-order valence-electron chi connectivity index (χ0n) is 13.1. The maximum Gasteiger partial charge on any atom is 0.410 e. The molecule has 1 aliphatic heterocycles. The standard InChI is InChI=1S/C17H18N2O5/c20-16(21)14-10-18-24-15(14)13-6-8-19(9-7-13)17(22)23-11-12-4-2-1-3-5-12/h1-5,10,13H,6-9,11H2,(H,20,21). The van der Waals surface area contributed by atoms with Gasteiger partial charge in [-0.15, -0.1) is 0 Å². The molecule has 1 N–H and O–H groups in total. The van der Waals surface area contributed by atoms with Crippen LogP contribution in [0.15, 0.2) is 41.1 Å². The van der Waals surface area contributed by atoms with Gasteiger partial charge >= 0.3 is 12.1 Å². The predicted octanol–water partition coefficient (Wildman–Crippen LogP) is 2.89. The van der Waals surface area contributed by atoms with E-state index in [1.165, 1.54) is 6.20 Å². The van der Waals surface area contributed by atoms with Crippen molar-refractivity contribution in [3.05, 3.63) is 53.4 Å². The number of hydrogen-bond acceptors (Lipinski definition) is 5. The Labute approximate surface area is 138 Å². The first-order valence-corrected chi connectivity index (χ1v) is 7.78. The van der Waals surface area contributed by atoms with E-state index in [-0.39, 0.29) is 24.2 Å². The largest absolute Gasteiger partial charge is 0.478 e. The molecule has 0 aliphatic carbocycles. The zero-order chi connectivity index (χ0) is 16.9. The van der Waals surface area contributed by atoms with Crippen LogP contribution in [-0.4, -0.2) is 40.3 Å². The number of amides is 1. The maximum absolute atomic E-state index is 12.1. The van der Waals surface area contributed by atoms with E-state index in [0.717, 1.165) is 5.56 Å². The van der Waals surface area contributed by atoms with Gasteiger partial charge < -0.3 is 19.3 Å². The predicted molar refractivity (Wildman–Crippen MR) is 83.6 cm³/mol. The monoisotopic (exact) mass is 330 g/mol. The van der Waals surface area contributed by atoms with E-state index < -0.39 is 5.97 Å². The minimum Gasteiger partial charge on any atom is -0.478 e. The fourth-order valence-electron chi connectivity index (χ4n) is 2.84. The van der Waals surface area contributed by atoms with Gasteiger partial charge in [-0.3, -0.25) is 0 Å². The van der Waals surface area contributed by atoms with Gasteiger partial charge in [0.05, 0.1) is 6.20 Å². The molecule has 0 unspecified atom stereocenters. The third kappa shape index (κ3) is 3.56. The van der Waals surface area contributed by atoms with Gasteiger partial charge in [-0.25, -0.2) is 9.59 Å². The number of rotatable bonds is 4. The lowest BCUT2D eigenvalue weighted by Crippen LogP contribution is -2.38. The highest BCUT2D eigenvalue weighted by Crippen LogP contribution is 2.30. The van der Waals surface area contributed by atoms with Gasteiger partial charge in [0.2, 0.25) is 0 Å². The SMILES string of the molecule is O=C(O)c1cnoc1C1CCN(C(=O)OCc2ccccc2)CC1. The van der Waals surface area contributed by atoms with Crippen LogP contribution in [-0.2, 0) is 11.3 Å². The fourth-order valence-corrected chi connectivity index (χ4v) is 2.84. The summed E-state index contributed by atoms with van der Waals surface area (Å²) in [5.74, 6) is -0.701. The molecule has 1 saturated heterocycles. The molecule has 0 radical (unpaired) electrons. The van der Waals surface area contributed by atoms with Crippen molar-refractivity contribution in [2.75, 3.05) is 13.1 Å². The summed E-state index contributed by atoms with van der Waals surface area (Å²) < 4.78 is 10.4. The highest BCUT2D eigenvalue weighted by Gasteiger charge is 2.30. The molecule has 0 atom stereocenters. The van der Waals surface area contributed by atoms with Crippen molar-refractivity contribution in [2.45, 2.75) is 25.4 Å².